The number of pyridine rings is 1. The van der Waals surface area contributed by atoms with Crippen molar-refractivity contribution in [2.24, 2.45) is 0 Å². The van der Waals surface area contributed by atoms with Crippen LogP contribution in [0.3, 0.4) is 0 Å². The second-order valence-corrected chi connectivity index (χ2v) is 3.37. The van der Waals surface area contributed by atoms with Crippen LogP contribution in [0.15, 0.2) is 79.1 Å². The predicted octanol–water partition coefficient (Wildman–Crippen LogP) is 4.54. The lowest BCUT2D eigenvalue weighted by atomic mass is 10.1. The Bertz CT molecular complexity index is 445. The maximum absolute atomic E-state index is 3.78. The van der Waals surface area contributed by atoms with Crippen molar-refractivity contribution in [2.45, 2.75) is 0 Å². The van der Waals surface area contributed by atoms with Gasteiger partial charge in [0.2, 0.25) is 0 Å². The van der Waals surface area contributed by atoms with Gasteiger partial charge in [0, 0.05) is 12.4 Å². The summed E-state index contributed by atoms with van der Waals surface area (Å²) in [5.74, 6) is 0. The van der Waals surface area contributed by atoms with Gasteiger partial charge in [-0.3, -0.25) is 4.98 Å². The third-order valence-corrected chi connectivity index (χ3v) is 2.23. The first-order chi connectivity index (χ1) is 7.97. The maximum Gasteiger partial charge on any atom is 0.0267 e. The van der Waals surface area contributed by atoms with Gasteiger partial charge in [0.1, 0.15) is 0 Å². The van der Waals surface area contributed by atoms with Crippen LogP contribution in [0.25, 0.3) is 10.8 Å². The van der Waals surface area contributed by atoms with Gasteiger partial charge in [-0.1, -0.05) is 54.6 Å². The van der Waals surface area contributed by atoms with E-state index in [4.69, 9.17) is 0 Å². The molecule has 1 aromatic heterocycles. The molecule has 2 heteroatoms. The lowest BCUT2D eigenvalue weighted by Crippen LogP contribution is -1.67. The molecule has 1 heterocycles. The number of fused-ring (bicyclic) bond motifs is 1. The van der Waals surface area contributed by atoms with Crippen LogP contribution >= 0.6 is 24.0 Å². The molecule has 0 amide bonds. The first-order valence-electron chi connectivity index (χ1n) is 5.25. The van der Waals surface area contributed by atoms with E-state index in [1.807, 2.05) is 18.2 Å². The Morgan fingerprint density at radius 2 is 0.941 bits per heavy atom. The molecule has 1 nitrogen and oxygen atoms in total. The highest BCUT2D eigenvalue weighted by Crippen LogP contribution is 2.11. The average Bonchev–Trinajstić information content (AvgIpc) is 2.42. The average molecular weight is 335 g/mol. The molecule has 2 aromatic carbocycles. The Balaban J connectivity index is 0.000000180. The number of rotatable bonds is 0. The van der Waals surface area contributed by atoms with Crippen LogP contribution < -0.4 is 0 Å². The summed E-state index contributed by atoms with van der Waals surface area (Å²) in [5, 5.41) is 2.62. The first-order valence-corrected chi connectivity index (χ1v) is 5.25. The van der Waals surface area contributed by atoms with Crippen molar-refractivity contribution < 1.29 is 0 Å². The van der Waals surface area contributed by atoms with Gasteiger partial charge in [0.15, 0.2) is 0 Å². The number of aromatic nitrogens is 1. The van der Waals surface area contributed by atoms with Gasteiger partial charge in [-0.2, -0.15) is 0 Å². The van der Waals surface area contributed by atoms with E-state index in [0.29, 0.717) is 0 Å². The molecule has 86 valence electrons. The van der Waals surface area contributed by atoms with Crippen molar-refractivity contribution in [1.29, 1.82) is 0 Å². The minimum atomic E-state index is 0. The van der Waals surface area contributed by atoms with Crippen molar-refractivity contribution in [3.05, 3.63) is 79.1 Å². The maximum atomic E-state index is 3.78. The van der Waals surface area contributed by atoms with Crippen LogP contribution in [-0.4, -0.2) is 4.98 Å². The van der Waals surface area contributed by atoms with E-state index < -0.39 is 0 Å². The first kappa shape index (κ1) is 13.6. The monoisotopic (exact) mass is 335 g/mol. The summed E-state index contributed by atoms with van der Waals surface area (Å²) in [4.78, 5) is 3.78. The molecule has 0 aliphatic carbocycles. The van der Waals surface area contributed by atoms with Crippen molar-refractivity contribution in [2.75, 3.05) is 0 Å². The Hall–Kier alpha value is -1.42. The molecule has 0 N–H and O–H groups in total. The van der Waals surface area contributed by atoms with Crippen molar-refractivity contribution in [3.8, 4) is 0 Å². The van der Waals surface area contributed by atoms with E-state index in [9.17, 15) is 0 Å². The molecule has 0 unspecified atom stereocenters. The Morgan fingerprint density at radius 1 is 0.529 bits per heavy atom. The van der Waals surface area contributed by atoms with Crippen LogP contribution in [0, 0.1) is 0 Å². The number of hydrogen-bond acceptors (Lipinski definition) is 1. The smallest absolute Gasteiger partial charge is 0.0267 e. The second kappa shape index (κ2) is 7.79. The zero-order valence-corrected chi connectivity index (χ0v) is 11.7. The molecule has 0 saturated carbocycles. The summed E-state index contributed by atoms with van der Waals surface area (Å²) in [6, 6.07) is 22.4. The predicted molar refractivity (Wildman–Crippen MR) is 83.6 cm³/mol. The van der Waals surface area contributed by atoms with Gasteiger partial charge in [-0.25, -0.2) is 0 Å². The van der Waals surface area contributed by atoms with Crippen LogP contribution in [0.4, 0.5) is 0 Å². The summed E-state index contributed by atoms with van der Waals surface area (Å²) in [6.45, 7) is 0. The van der Waals surface area contributed by atoms with E-state index in [2.05, 4.69) is 53.5 Å². The fourth-order valence-electron chi connectivity index (χ4n) is 1.45. The summed E-state index contributed by atoms with van der Waals surface area (Å²) >= 11 is 0. The van der Waals surface area contributed by atoms with E-state index in [1.54, 1.807) is 12.4 Å². The Morgan fingerprint density at radius 3 is 1.18 bits per heavy atom. The molecule has 0 saturated heterocycles. The van der Waals surface area contributed by atoms with Gasteiger partial charge >= 0.3 is 0 Å². The molecule has 17 heavy (non-hydrogen) atoms. The minimum Gasteiger partial charge on any atom is -0.265 e. The van der Waals surface area contributed by atoms with E-state index in [-0.39, 0.29) is 24.0 Å². The molecule has 0 bridgehead atoms. The van der Waals surface area contributed by atoms with E-state index in [1.165, 1.54) is 10.8 Å². The molecule has 0 aliphatic rings. The largest absolute Gasteiger partial charge is 0.265 e. The van der Waals surface area contributed by atoms with Crippen molar-refractivity contribution in [1.82, 2.24) is 4.98 Å². The lowest BCUT2D eigenvalue weighted by molar-refractivity contribution is 1.33. The number of hydrogen-bond donors (Lipinski definition) is 0. The molecule has 0 aliphatic heterocycles. The van der Waals surface area contributed by atoms with Crippen molar-refractivity contribution >= 4 is 34.7 Å². The second-order valence-electron chi connectivity index (χ2n) is 3.37. The highest BCUT2D eigenvalue weighted by molar-refractivity contribution is 14.0. The van der Waals surface area contributed by atoms with Crippen LogP contribution in [0.5, 0.6) is 0 Å². The molecule has 0 radical (unpaired) electrons. The summed E-state index contributed by atoms with van der Waals surface area (Å²) in [5.41, 5.74) is 0. The highest BCUT2D eigenvalue weighted by Gasteiger charge is 1.85. The molecule has 0 spiro atoms. The van der Waals surface area contributed by atoms with Crippen LogP contribution in [0.2, 0.25) is 0 Å². The zero-order chi connectivity index (χ0) is 11.1. The third-order valence-electron chi connectivity index (χ3n) is 2.23. The lowest BCUT2D eigenvalue weighted by Gasteiger charge is -1.92. The Labute approximate surface area is 119 Å². The fraction of sp³-hybridized carbons (Fsp3) is 0. The SMILES string of the molecule is I.c1ccc2ccccc2c1.c1ccncc1. The number of halogens is 1. The summed E-state index contributed by atoms with van der Waals surface area (Å²) in [7, 11) is 0. The van der Waals surface area contributed by atoms with Crippen molar-refractivity contribution in [3.63, 3.8) is 0 Å². The standard InChI is InChI=1S/C10H8.C5H5N.HI/c1-2-6-10-8-4-3-7-9(10)5-1;1-2-4-6-5-3-1;/h1-8H;1-5H;1H. The molecular weight excluding hydrogens is 321 g/mol. The van der Waals surface area contributed by atoms with Crippen LogP contribution in [-0.2, 0) is 0 Å². The van der Waals surface area contributed by atoms with E-state index >= 15 is 0 Å². The zero-order valence-electron chi connectivity index (χ0n) is 9.36. The third kappa shape index (κ3) is 4.53. The van der Waals surface area contributed by atoms with Gasteiger partial charge in [0.05, 0.1) is 0 Å². The van der Waals surface area contributed by atoms with Crippen LogP contribution in [0.1, 0.15) is 0 Å². The van der Waals surface area contributed by atoms with Gasteiger partial charge in [-0.05, 0) is 22.9 Å². The normalized spacial score (nSPS) is 8.71. The van der Waals surface area contributed by atoms with Gasteiger partial charge in [-0.15, -0.1) is 24.0 Å². The van der Waals surface area contributed by atoms with Gasteiger partial charge in [0.25, 0.3) is 0 Å². The molecule has 0 atom stereocenters. The molecule has 0 fully saturated rings. The summed E-state index contributed by atoms with van der Waals surface area (Å²) in [6.07, 6.45) is 3.50. The highest BCUT2D eigenvalue weighted by atomic mass is 127. The van der Waals surface area contributed by atoms with E-state index in [0.717, 1.165) is 0 Å². The Kier molecular flexibility index (Phi) is 6.25. The summed E-state index contributed by atoms with van der Waals surface area (Å²) < 4.78 is 0. The molecular formula is C15H14IN. The fourth-order valence-corrected chi connectivity index (χ4v) is 1.45. The molecule has 3 aromatic rings. The van der Waals surface area contributed by atoms with Gasteiger partial charge < -0.3 is 0 Å². The number of nitrogens with zero attached hydrogens (tertiary/aromatic N) is 1. The quantitative estimate of drug-likeness (QED) is 0.550. The topological polar surface area (TPSA) is 12.9 Å². The molecule has 3 rings (SSSR count). The minimum absolute atomic E-state index is 0. The number of benzene rings is 2.